The van der Waals surface area contributed by atoms with Crippen molar-refractivity contribution in [1.29, 1.82) is 0 Å². The first kappa shape index (κ1) is 20.3. The number of rotatable bonds is 4. The van der Waals surface area contributed by atoms with Crippen molar-refractivity contribution in [2.45, 2.75) is 20.2 Å². The van der Waals surface area contributed by atoms with E-state index in [0.29, 0.717) is 11.3 Å². The van der Waals surface area contributed by atoms with Gasteiger partial charge in [0.1, 0.15) is 5.75 Å². The van der Waals surface area contributed by atoms with E-state index < -0.39 is 18.0 Å². The summed E-state index contributed by atoms with van der Waals surface area (Å²) in [7, 11) is 0. The molecular weight excluding hydrogens is 411 g/mol. The molecule has 4 rings (SSSR count). The predicted octanol–water partition coefficient (Wildman–Crippen LogP) is 4.56. The number of nitrogens with one attached hydrogen (secondary N) is 1. The molecule has 3 aromatic heterocycles. The van der Waals surface area contributed by atoms with E-state index in [-0.39, 0.29) is 17.0 Å². The Morgan fingerprint density at radius 1 is 1.06 bits per heavy atom. The Kier molecular flexibility index (Phi) is 5.05. The quantitative estimate of drug-likeness (QED) is 0.516. The van der Waals surface area contributed by atoms with Gasteiger partial charge in [-0.15, -0.1) is 13.2 Å². The Balaban J connectivity index is 1.71. The zero-order valence-electron chi connectivity index (χ0n) is 16.4. The molecule has 1 N–H and O–H groups in total. The van der Waals surface area contributed by atoms with Gasteiger partial charge in [-0.1, -0.05) is 12.1 Å². The van der Waals surface area contributed by atoms with Gasteiger partial charge in [-0.05, 0) is 50.2 Å². The molecule has 1 amide bonds. The fourth-order valence-corrected chi connectivity index (χ4v) is 3.17. The van der Waals surface area contributed by atoms with Crippen LogP contribution in [0.4, 0.5) is 18.9 Å². The number of aromatic nitrogens is 4. The van der Waals surface area contributed by atoms with E-state index in [1.807, 2.05) is 13.8 Å². The lowest BCUT2D eigenvalue weighted by Crippen LogP contribution is -2.18. The molecule has 0 unspecified atom stereocenters. The normalized spacial score (nSPS) is 11.5. The highest BCUT2D eigenvalue weighted by molar-refractivity contribution is 6.03. The van der Waals surface area contributed by atoms with Crippen molar-refractivity contribution in [3.05, 3.63) is 71.8 Å². The highest BCUT2D eigenvalue weighted by atomic mass is 19.4. The van der Waals surface area contributed by atoms with Gasteiger partial charge in [0.2, 0.25) is 0 Å². The number of carbonyl (C=O) groups is 1. The molecule has 0 saturated carbocycles. The number of benzene rings is 1. The maximum atomic E-state index is 12.8. The summed E-state index contributed by atoms with van der Waals surface area (Å²) in [5.41, 5.74) is 2.86. The van der Waals surface area contributed by atoms with Gasteiger partial charge in [0.25, 0.3) is 5.91 Å². The number of aryl methyl sites for hydroxylation is 2. The van der Waals surface area contributed by atoms with E-state index in [1.54, 1.807) is 24.3 Å². The van der Waals surface area contributed by atoms with Crippen LogP contribution in [0.15, 0.2) is 54.7 Å². The summed E-state index contributed by atoms with van der Waals surface area (Å²) >= 11 is 0. The smallest absolute Gasteiger partial charge is 0.405 e. The molecule has 0 atom stereocenters. The highest BCUT2D eigenvalue weighted by Crippen LogP contribution is 2.32. The minimum atomic E-state index is -4.85. The van der Waals surface area contributed by atoms with Gasteiger partial charge in [0, 0.05) is 22.6 Å². The number of carbonyl (C=O) groups excluding carboxylic acids is 1. The zero-order chi connectivity index (χ0) is 22.2. The van der Waals surface area contributed by atoms with Crippen LogP contribution in [0.1, 0.15) is 21.9 Å². The molecular formula is C21H16F3N5O2. The maximum absolute atomic E-state index is 12.8. The van der Waals surface area contributed by atoms with Crippen LogP contribution in [-0.4, -0.2) is 31.9 Å². The van der Waals surface area contributed by atoms with Crippen LogP contribution in [0.3, 0.4) is 0 Å². The molecule has 0 aliphatic carbocycles. The molecule has 0 saturated heterocycles. The van der Waals surface area contributed by atoms with E-state index in [9.17, 15) is 18.0 Å². The monoisotopic (exact) mass is 427 g/mol. The Morgan fingerprint density at radius 2 is 1.77 bits per heavy atom. The van der Waals surface area contributed by atoms with Crippen LogP contribution in [0.5, 0.6) is 5.75 Å². The van der Waals surface area contributed by atoms with Gasteiger partial charge >= 0.3 is 6.36 Å². The number of hydrogen-bond acceptors (Lipinski definition) is 5. The molecule has 7 nitrogen and oxygen atoms in total. The third kappa shape index (κ3) is 4.47. The van der Waals surface area contributed by atoms with E-state index in [0.717, 1.165) is 11.4 Å². The van der Waals surface area contributed by atoms with Crippen LogP contribution in [0, 0.1) is 13.8 Å². The van der Waals surface area contributed by atoms with Crippen molar-refractivity contribution in [1.82, 2.24) is 19.6 Å². The van der Waals surface area contributed by atoms with Crippen molar-refractivity contribution >= 4 is 17.2 Å². The summed E-state index contributed by atoms with van der Waals surface area (Å²) in [6, 6.07) is 12.2. The van der Waals surface area contributed by atoms with Gasteiger partial charge in [0.15, 0.2) is 11.3 Å². The molecule has 0 aliphatic heterocycles. The second-order valence-corrected chi connectivity index (χ2v) is 6.77. The fraction of sp³-hybridized carbons (Fsp3) is 0.143. The van der Waals surface area contributed by atoms with Gasteiger partial charge < -0.3 is 10.1 Å². The van der Waals surface area contributed by atoms with E-state index >= 15 is 0 Å². The Hall–Kier alpha value is -3.95. The minimum Gasteiger partial charge on any atom is -0.405 e. The fourth-order valence-electron chi connectivity index (χ4n) is 3.17. The first-order valence-electron chi connectivity index (χ1n) is 9.16. The lowest BCUT2D eigenvalue weighted by Gasteiger charge is -2.13. The number of halogens is 3. The SMILES string of the molecule is Cc1cc(NC(=O)c2cnc3ccc(-c4ccccc4OC(F)(F)F)nn23)cc(C)n1. The number of hydrogen-bond donors (Lipinski definition) is 1. The first-order valence-corrected chi connectivity index (χ1v) is 9.16. The number of amides is 1. The molecule has 0 bridgehead atoms. The molecule has 0 fully saturated rings. The van der Waals surface area contributed by atoms with Gasteiger partial charge in [-0.3, -0.25) is 9.78 Å². The van der Waals surface area contributed by atoms with Crippen LogP contribution in [0.25, 0.3) is 16.9 Å². The van der Waals surface area contributed by atoms with Crippen LogP contribution >= 0.6 is 0 Å². The third-order valence-electron chi connectivity index (χ3n) is 4.32. The number of ether oxygens (including phenoxy) is 1. The topological polar surface area (TPSA) is 81.4 Å². The van der Waals surface area contributed by atoms with Crippen molar-refractivity contribution in [3.8, 4) is 17.0 Å². The Morgan fingerprint density at radius 3 is 2.48 bits per heavy atom. The van der Waals surface area contributed by atoms with Gasteiger partial charge in [-0.2, -0.15) is 5.10 Å². The second kappa shape index (κ2) is 7.71. The van der Waals surface area contributed by atoms with E-state index in [2.05, 4.69) is 25.1 Å². The zero-order valence-corrected chi connectivity index (χ0v) is 16.4. The van der Waals surface area contributed by atoms with E-state index in [4.69, 9.17) is 0 Å². The summed E-state index contributed by atoms with van der Waals surface area (Å²) in [6.45, 7) is 3.62. The number of alkyl halides is 3. The number of fused-ring (bicyclic) bond motifs is 1. The lowest BCUT2D eigenvalue weighted by molar-refractivity contribution is -0.274. The molecule has 4 aromatic rings. The van der Waals surface area contributed by atoms with Gasteiger partial charge in [0.05, 0.1) is 11.9 Å². The molecule has 0 spiro atoms. The third-order valence-corrected chi connectivity index (χ3v) is 4.32. The Bertz CT molecular complexity index is 1260. The summed E-state index contributed by atoms with van der Waals surface area (Å²) in [6.07, 6.45) is -3.50. The first-order chi connectivity index (χ1) is 14.7. The maximum Gasteiger partial charge on any atom is 0.573 e. The summed E-state index contributed by atoms with van der Waals surface area (Å²) in [4.78, 5) is 21.2. The molecule has 158 valence electrons. The highest BCUT2D eigenvalue weighted by Gasteiger charge is 2.32. The number of nitrogens with zero attached hydrogens (tertiary/aromatic N) is 4. The molecule has 3 heterocycles. The van der Waals surface area contributed by atoms with Crippen molar-refractivity contribution in [3.63, 3.8) is 0 Å². The Labute approximate surface area is 174 Å². The molecule has 0 radical (unpaired) electrons. The van der Waals surface area contributed by atoms with Crippen LogP contribution in [-0.2, 0) is 0 Å². The predicted molar refractivity (Wildman–Crippen MR) is 107 cm³/mol. The largest absolute Gasteiger partial charge is 0.573 e. The minimum absolute atomic E-state index is 0.123. The standard InChI is InChI=1S/C21H16F3N5O2/c1-12-9-14(10-13(2)26-12)27-20(30)17-11-25-19-8-7-16(28-29(17)19)15-5-3-4-6-18(15)31-21(22,23)24/h3-11H,1-2H3,(H,26,27,30). The average Bonchev–Trinajstić information content (AvgIpc) is 3.09. The second-order valence-electron chi connectivity index (χ2n) is 6.77. The number of imidazole rings is 1. The van der Waals surface area contributed by atoms with Crippen molar-refractivity contribution < 1.29 is 22.7 Å². The van der Waals surface area contributed by atoms with Crippen molar-refractivity contribution in [2.24, 2.45) is 0 Å². The van der Waals surface area contributed by atoms with Crippen LogP contribution in [0.2, 0.25) is 0 Å². The van der Waals surface area contributed by atoms with Gasteiger partial charge in [-0.25, -0.2) is 9.50 Å². The summed E-state index contributed by atoms with van der Waals surface area (Å²) in [5.74, 6) is -0.863. The molecule has 0 aliphatic rings. The van der Waals surface area contributed by atoms with E-state index in [1.165, 1.54) is 35.0 Å². The number of anilines is 1. The number of pyridine rings is 1. The van der Waals surface area contributed by atoms with Crippen molar-refractivity contribution in [2.75, 3.05) is 5.32 Å². The molecule has 31 heavy (non-hydrogen) atoms. The van der Waals surface area contributed by atoms with Crippen LogP contribution < -0.4 is 10.1 Å². The molecule has 10 heteroatoms. The summed E-state index contributed by atoms with van der Waals surface area (Å²) in [5, 5.41) is 7.09. The average molecular weight is 427 g/mol. The number of para-hydroxylation sites is 1. The molecule has 1 aromatic carbocycles. The lowest BCUT2D eigenvalue weighted by atomic mass is 10.1. The summed E-state index contributed by atoms with van der Waals surface area (Å²) < 4.78 is 43.7.